The van der Waals surface area contributed by atoms with Crippen LogP contribution in [0.1, 0.15) is 96.8 Å². The smallest absolute Gasteiger partial charge is 0.195 e. The molecular formula is C22H36FN. The topological polar surface area (TPSA) is 23.8 Å². The lowest BCUT2D eigenvalue weighted by Gasteiger charge is -2.38. The zero-order valence-corrected chi connectivity index (χ0v) is 15.6. The molecule has 0 atom stereocenters. The fourth-order valence-electron chi connectivity index (χ4n) is 5.07. The van der Waals surface area contributed by atoms with E-state index < -0.39 is 5.83 Å². The van der Waals surface area contributed by atoms with Crippen LogP contribution in [-0.2, 0) is 0 Å². The molecule has 0 heterocycles. The summed E-state index contributed by atoms with van der Waals surface area (Å²) in [6.07, 6.45) is 20.3. The molecule has 2 fully saturated rings. The van der Waals surface area contributed by atoms with E-state index in [4.69, 9.17) is 5.26 Å². The van der Waals surface area contributed by atoms with Crippen LogP contribution < -0.4 is 0 Å². The van der Waals surface area contributed by atoms with Gasteiger partial charge in [0, 0.05) is 0 Å². The molecule has 0 spiro atoms. The molecule has 0 aromatic carbocycles. The third-order valence-electron chi connectivity index (χ3n) is 6.67. The molecular weight excluding hydrogens is 297 g/mol. The molecule has 2 saturated carbocycles. The summed E-state index contributed by atoms with van der Waals surface area (Å²) < 4.78 is 12.8. The van der Waals surface area contributed by atoms with Gasteiger partial charge in [-0.3, -0.25) is 0 Å². The molecule has 1 nitrogen and oxygen atoms in total. The summed E-state index contributed by atoms with van der Waals surface area (Å²) in [5.74, 6) is 3.12. The molecule has 0 amide bonds. The lowest BCUT2D eigenvalue weighted by atomic mass is 9.68. The van der Waals surface area contributed by atoms with Gasteiger partial charge in [0.05, 0.1) is 0 Å². The minimum Gasteiger partial charge on any atom is -0.195 e. The lowest BCUT2D eigenvalue weighted by molar-refractivity contribution is 0.140. The predicted molar refractivity (Wildman–Crippen MR) is 99.1 cm³/mol. The van der Waals surface area contributed by atoms with Crippen LogP contribution in [0.2, 0.25) is 0 Å². The summed E-state index contributed by atoms with van der Waals surface area (Å²) >= 11 is 0. The monoisotopic (exact) mass is 333 g/mol. The van der Waals surface area contributed by atoms with Crippen LogP contribution in [0.3, 0.4) is 0 Å². The molecule has 24 heavy (non-hydrogen) atoms. The first-order chi connectivity index (χ1) is 11.7. The second kappa shape index (κ2) is 10.9. The van der Waals surface area contributed by atoms with Gasteiger partial charge in [-0.1, -0.05) is 58.3 Å². The third-order valence-corrected chi connectivity index (χ3v) is 6.67. The number of halogens is 1. The first-order valence-electron chi connectivity index (χ1n) is 10.5. The van der Waals surface area contributed by atoms with E-state index in [9.17, 15) is 4.39 Å². The van der Waals surface area contributed by atoms with E-state index in [-0.39, 0.29) is 0 Å². The van der Waals surface area contributed by atoms with Gasteiger partial charge in [0.1, 0.15) is 6.07 Å². The Morgan fingerprint density at radius 2 is 1.46 bits per heavy atom. The van der Waals surface area contributed by atoms with Crippen LogP contribution in [0.25, 0.3) is 0 Å². The Kier molecular flexibility index (Phi) is 8.86. The molecule has 0 N–H and O–H groups in total. The first-order valence-corrected chi connectivity index (χ1v) is 10.5. The normalized spacial score (nSPS) is 31.6. The van der Waals surface area contributed by atoms with E-state index in [1.807, 2.05) is 0 Å². The molecule has 0 unspecified atom stereocenters. The molecule has 2 aliphatic rings. The van der Waals surface area contributed by atoms with Gasteiger partial charge in [0.25, 0.3) is 0 Å². The van der Waals surface area contributed by atoms with E-state index in [2.05, 4.69) is 6.92 Å². The maximum atomic E-state index is 12.8. The number of allylic oxidation sites excluding steroid dienone is 2. The Bertz CT molecular complexity index is 406. The minimum atomic E-state index is -0.612. The highest BCUT2D eigenvalue weighted by atomic mass is 19.1. The van der Waals surface area contributed by atoms with E-state index in [1.54, 1.807) is 6.07 Å². The summed E-state index contributed by atoms with van der Waals surface area (Å²) in [7, 11) is 0. The number of nitriles is 1. The molecule has 0 aliphatic heterocycles. The quantitative estimate of drug-likeness (QED) is 0.337. The fraction of sp³-hybridized carbons (Fsp3) is 0.864. The van der Waals surface area contributed by atoms with Crippen molar-refractivity contribution in [1.82, 2.24) is 0 Å². The molecule has 0 saturated heterocycles. The molecule has 0 aromatic rings. The van der Waals surface area contributed by atoms with Crippen LogP contribution in [0.5, 0.6) is 0 Å². The highest BCUT2D eigenvalue weighted by molar-refractivity contribution is 5.11. The standard InChI is InChI=1S/C22H36FN/c1-2-3-4-6-18-9-13-20(14-10-18)21-15-11-19(12-16-21)7-5-8-22(23)17-24/h8,18-21H,2-7,9-16H2,1H3/b22-8-/t18-,19?,20-,21?. The molecule has 0 radical (unpaired) electrons. The summed E-state index contributed by atoms with van der Waals surface area (Å²) in [5.41, 5.74) is 0. The van der Waals surface area contributed by atoms with Crippen molar-refractivity contribution in [2.75, 3.05) is 0 Å². The Labute approximate surface area is 148 Å². The second-order valence-corrected chi connectivity index (χ2v) is 8.30. The van der Waals surface area contributed by atoms with E-state index in [0.717, 1.165) is 36.5 Å². The molecule has 2 aliphatic carbocycles. The minimum absolute atomic E-state index is 0.612. The second-order valence-electron chi connectivity index (χ2n) is 8.30. The highest BCUT2D eigenvalue weighted by Gasteiger charge is 2.30. The van der Waals surface area contributed by atoms with Crippen molar-refractivity contribution < 1.29 is 4.39 Å². The van der Waals surface area contributed by atoms with Crippen LogP contribution in [0.15, 0.2) is 11.9 Å². The third kappa shape index (κ3) is 6.58. The van der Waals surface area contributed by atoms with Crippen molar-refractivity contribution in [1.29, 1.82) is 5.26 Å². The largest absolute Gasteiger partial charge is 0.196 e. The number of hydrogen-bond acceptors (Lipinski definition) is 1. The lowest BCUT2D eigenvalue weighted by Crippen LogP contribution is -2.25. The van der Waals surface area contributed by atoms with Gasteiger partial charge in [-0.25, -0.2) is 0 Å². The SMILES string of the molecule is CCCCC[C@H]1CC[C@H](C2CCC(CC/C=C(\F)C#N)CC2)CC1. The first kappa shape index (κ1) is 19.5. The van der Waals surface area contributed by atoms with E-state index in [0.29, 0.717) is 0 Å². The van der Waals surface area contributed by atoms with Crippen molar-refractivity contribution >= 4 is 0 Å². The average molecular weight is 334 g/mol. The van der Waals surface area contributed by atoms with Gasteiger partial charge in [-0.2, -0.15) is 9.65 Å². The number of nitrogens with zero attached hydrogens (tertiary/aromatic N) is 1. The average Bonchev–Trinajstić information content (AvgIpc) is 2.63. The fourth-order valence-corrected chi connectivity index (χ4v) is 5.07. The summed E-state index contributed by atoms with van der Waals surface area (Å²) in [6, 6.07) is 1.57. The zero-order chi connectivity index (χ0) is 17.2. The molecule has 0 bridgehead atoms. The summed E-state index contributed by atoms with van der Waals surface area (Å²) in [6.45, 7) is 2.30. The van der Waals surface area contributed by atoms with Crippen molar-refractivity contribution in [2.45, 2.75) is 96.8 Å². The van der Waals surface area contributed by atoms with Crippen molar-refractivity contribution in [3.63, 3.8) is 0 Å². The van der Waals surface area contributed by atoms with Gasteiger partial charge in [0.2, 0.25) is 0 Å². The van der Waals surface area contributed by atoms with Crippen LogP contribution in [-0.4, -0.2) is 0 Å². The Balaban J connectivity index is 1.60. The maximum Gasteiger partial charge on any atom is 0.196 e. The van der Waals surface area contributed by atoms with Gasteiger partial charge in [-0.15, -0.1) is 0 Å². The van der Waals surface area contributed by atoms with Crippen molar-refractivity contribution in [3.05, 3.63) is 11.9 Å². The van der Waals surface area contributed by atoms with Crippen LogP contribution in [0, 0.1) is 35.0 Å². The van der Waals surface area contributed by atoms with Gasteiger partial charge in [0.15, 0.2) is 5.83 Å². The number of rotatable bonds is 8. The van der Waals surface area contributed by atoms with Crippen molar-refractivity contribution in [2.24, 2.45) is 23.7 Å². The zero-order valence-electron chi connectivity index (χ0n) is 15.6. The maximum absolute atomic E-state index is 12.8. The Morgan fingerprint density at radius 3 is 1.96 bits per heavy atom. The van der Waals surface area contributed by atoms with Crippen LogP contribution >= 0.6 is 0 Å². The number of unbranched alkanes of at least 4 members (excludes halogenated alkanes) is 2. The Hall–Kier alpha value is -0.840. The molecule has 136 valence electrons. The van der Waals surface area contributed by atoms with Gasteiger partial charge >= 0.3 is 0 Å². The molecule has 2 rings (SSSR count). The van der Waals surface area contributed by atoms with Gasteiger partial charge in [-0.05, 0) is 68.3 Å². The van der Waals surface area contributed by atoms with Crippen molar-refractivity contribution in [3.8, 4) is 6.07 Å². The highest BCUT2D eigenvalue weighted by Crippen LogP contribution is 2.43. The van der Waals surface area contributed by atoms with E-state index in [1.165, 1.54) is 83.1 Å². The number of hydrogen-bond donors (Lipinski definition) is 0. The summed E-state index contributed by atoms with van der Waals surface area (Å²) in [5, 5.41) is 8.44. The molecule has 2 heteroatoms. The molecule has 0 aromatic heterocycles. The van der Waals surface area contributed by atoms with E-state index >= 15 is 0 Å². The summed E-state index contributed by atoms with van der Waals surface area (Å²) in [4.78, 5) is 0. The van der Waals surface area contributed by atoms with Crippen LogP contribution in [0.4, 0.5) is 4.39 Å². The van der Waals surface area contributed by atoms with Gasteiger partial charge < -0.3 is 0 Å². The Morgan fingerprint density at radius 1 is 0.917 bits per heavy atom. The predicted octanol–water partition coefficient (Wildman–Crippen LogP) is 7.34.